The lowest BCUT2D eigenvalue weighted by molar-refractivity contribution is 0.278. The van der Waals surface area contributed by atoms with Gasteiger partial charge in [-0.05, 0) is 11.8 Å². The first-order chi connectivity index (χ1) is 7.07. The lowest BCUT2D eigenvalue weighted by atomic mass is 9.79. The van der Waals surface area contributed by atoms with Crippen LogP contribution in [0.15, 0.2) is 23.9 Å². The molecule has 84 valence electrons. The van der Waals surface area contributed by atoms with Gasteiger partial charge in [-0.3, -0.25) is 0 Å². The van der Waals surface area contributed by atoms with Crippen LogP contribution in [-0.4, -0.2) is 31.1 Å². The first-order valence-electron chi connectivity index (χ1n) is 5.91. The first-order valence-corrected chi connectivity index (χ1v) is 5.91. The maximum Gasteiger partial charge on any atom is 0.0300 e. The van der Waals surface area contributed by atoms with Gasteiger partial charge in [0.25, 0.3) is 0 Å². The molecule has 0 saturated carbocycles. The Labute approximate surface area is 93.0 Å². The molecule has 2 heteroatoms. The predicted molar refractivity (Wildman–Crippen MR) is 64.7 cm³/mol. The second-order valence-electron chi connectivity index (χ2n) is 5.46. The normalized spacial score (nSPS) is 26.4. The minimum atomic E-state index is 0.301. The van der Waals surface area contributed by atoms with E-state index < -0.39 is 0 Å². The molecule has 0 aromatic heterocycles. The summed E-state index contributed by atoms with van der Waals surface area (Å²) < 4.78 is 0. The SMILES string of the molecule is C=C1CC(N2CCNCC2)=CC(C)(C)C1. The van der Waals surface area contributed by atoms with E-state index in [2.05, 4.69) is 36.7 Å². The highest BCUT2D eigenvalue weighted by Gasteiger charge is 2.25. The molecule has 2 nitrogen and oxygen atoms in total. The Hall–Kier alpha value is -0.760. The highest BCUT2D eigenvalue weighted by Crippen LogP contribution is 2.36. The van der Waals surface area contributed by atoms with Crippen molar-refractivity contribution in [2.75, 3.05) is 26.2 Å². The average molecular weight is 206 g/mol. The monoisotopic (exact) mass is 206 g/mol. The van der Waals surface area contributed by atoms with Gasteiger partial charge in [0.05, 0.1) is 0 Å². The molecule has 0 amide bonds. The largest absolute Gasteiger partial charge is 0.372 e. The smallest absolute Gasteiger partial charge is 0.0300 e. The zero-order valence-electron chi connectivity index (χ0n) is 9.97. The minimum absolute atomic E-state index is 0.301. The summed E-state index contributed by atoms with van der Waals surface area (Å²) in [5, 5.41) is 3.39. The first kappa shape index (κ1) is 10.7. The second kappa shape index (κ2) is 4.01. The average Bonchev–Trinajstić information content (AvgIpc) is 2.16. The van der Waals surface area contributed by atoms with Crippen LogP contribution in [0.2, 0.25) is 0 Å². The van der Waals surface area contributed by atoms with Crippen LogP contribution in [0.3, 0.4) is 0 Å². The van der Waals surface area contributed by atoms with Crippen molar-refractivity contribution in [3.05, 3.63) is 23.9 Å². The fourth-order valence-corrected chi connectivity index (χ4v) is 2.67. The third kappa shape index (κ3) is 2.63. The molecule has 1 aliphatic heterocycles. The summed E-state index contributed by atoms with van der Waals surface area (Å²) >= 11 is 0. The number of rotatable bonds is 1. The molecule has 1 heterocycles. The van der Waals surface area contributed by atoms with Crippen molar-refractivity contribution >= 4 is 0 Å². The standard InChI is InChI=1S/C13H22N2/c1-11-8-12(10-13(2,3)9-11)15-6-4-14-5-7-15/h10,14H,1,4-9H2,2-3H3. The summed E-state index contributed by atoms with van der Waals surface area (Å²) in [6.45, 7) is 13.3. The van der Waals surface area contributed by atoms with Crippen LogP contribution in [-0.2, 0) is 0 Å². The molecule has 0 radical (unpaired) electrons. The van der Waals surface area contributed by atoms with Crippen LogP contribution in [0.1, 0.15) is 26.7 Å². The van der Waals surface area contributed by atoms with Crippen molar-refractivity contribution in [3.63, 3.8) is 0 Å². The third-order valence-electron chi connectivity index (χ3n) is 3.22. The van der Waals surface area contributed by atoms with Crippen LogP contribution in [0.25, 0.3) is 0 Å². The summed E-state index contributed by atoms with van der Waals surface area (Å²) in [4.78, 5) is 2.52. The lowest BCUT2D eigenvalue weighted by Gasteiger charge is -2.37. The number of hydrogen-bond acceptors (Lipinski definition) is 2. The summed E-state index contributed by atoms with van der Waals surface area (Å²) in [6.07, 6.45) is 4.68. The molecular weight excluding hydrogens is 184 g/mol. The summed E-state index contributed by atoms with van der Waals surface area (Å²) in [7, 11) is 0. The molecule has 1 fully saturated rings. The van der Waals surface area contributed by atoms with E-state index in [9.17, 15) is 0 Å². The molecule has 0 atom stereocenters. The topological polar surface area (TPSA) is 15.3 Å². The van der Waals surface area contributed by atoms with E-state index in [1.807, 2.05) is 0 Å². The van der Waals surface area contributed by atoms with Crippen molar-refractivity contribution in [3.8, 4) is 0 Å². The Morgan fingerprint density at radius 3 is 2.60 bits per heavy atom. The molecule has 0 aromatic carbocycles. The highest BCUT2D eigenvalue weighted by molar-refractivity contribution is 5.23. The quantitative estimate of drug-likeness (QED) is 0.661. The van der Waals surface area contributed by atoms with Gasteiger partial charge in [-0.2, -0.15) is 0 Å². The molecule has 0 aromatic rings. The van der Waals surface area contributed by atoms with E-state index in [-0.39, 0.29) is 0 Å². The molecule has 1 saturated heterocycles. The van der Waals surface area contributed by atoms with Gasteiger partial charge in [-0.1, -0.05) is 32.1 Å². The van der Waals surface area contributed by atoms with Crippen molar-refractivity contribution in [1.82, 2.24) is 10.2 Å². The Morgan fingerprint density at radius 1 is 1.33 bits per heavy atom. The minimum Gasteiger partial charge on any atom is -0.372 e. The maximum absolute atomic E-state index is 4.17. The van der Waals surface area contributed by atoms with Crippen molar-refractivity contribution < 1.29 is 0 Å². The van der Waals surface area contributed by atoms with Crippen LogP contribution in [0.4, 0.5) is 0 Å². The number of hydrogen-bond donors (Lipinski definition) is 1. The van der Waals surface area contributed by atoms with Gasteiger partial charge in [-0.15, -0.1) is 0 Å². The molecule has 2 aliphatic rings. The van der Waals surface area contributed by atoms with E-state index >= 15 is 0 Å². The van der Waals surface area contributed by atoms with Gasteiger partial charge >= 0.3 is 0 Å². The van der Waals surface area contributed by atoms with Gasteiger partial charge in [0.1, 0.15) is 0 Å². The van der Waals surface area contributed by atoms with Gasteiger partial charge in [-0.25, -0.2) is 0 Å². The van der Waals surface area contributed by atoms with Crippen LogP contribution >= 0.6 is 0 Å². The number of nitrogens with one attached hydrogen (secondary N) is 1. The predicted octanol–water partition coefficient (Wildman–Crippen LogP) is 2.15. The third-order valence-corrected chi connectivity index (χ3v) is 3.22. The highest BCUT2D eigenvalue weighted by atomic mass is 15.2. The molecule has 1 N–H and O–H groups in total. The molecule has 0 unspecified atom stereocenters. The number of piperazine rings is 1. The Bertz CT molecular complexity index is 283. The zero-order chi connectivity index (χ0) is 10.9. The molecule has 15 heavy (non-hydrogen) atoms. The maximum atomic E-state index is 4.17. The summed E-state index contributed by atoms with van der Waals surface area (Å²) in [6, 6.07) is 0. The summed E-state index contributed by atoms with van der Waals surface area (Å²) in [5.74, 6) is 0. The molecule has 0 spiro atoms. The van der Waals surface area contributed by atoms with Crippen molar-refractivity contribution in [1.29, 1.82) is 0 Å². The van der Waals surface area contributed by atoms with Crippen LogP contribution in [0.5, 0.6) is 0 Å². The van der Waals surface area contributed by atoms with Crippen molar-refractivity contribution in [2.24, 2.45) is 5.41 Å². The molecular formula is C13H22N2. The number of allylic oxidation sites excluding steroid dienone is 2. The molecule has 1 aliphatic carbocycles. The van der Waals surface area contributed by atoms with E-state index in [0.717, 1.165) is 39.0 Å². The Balaban J connectivity index is 2.12. The molecule has 0 bridgehead atoms. The van der Waals surface area contributed by atoms with E-state index in [0.29, 0.717) is 5.41 Å². The van der Waals surface area contributed by atoms with E-state index in [4.69, 9.17) is 0 Å². The van der Waals surface area contributed by atoms with Crippen molar-refractivity contribution in [2.45, 2.75) is 26.7 Å². The second-order valence-corrected chi connectivity index (χ2v) is 5.46. The number of nitrogens with zero attached hydrogens (tertiary/aromatic N) is 1. The fraction of sp³-hybridized carbons (Fsp3) is 0.692. The van der Waals surface area contributed by atoms with Gasteiger partial charge in [0, 0.05) is 38.3 Å². The lowest BCUT2D eigenvalue weighted by Crippen LogP contribution is -2.43. The van der Waals surface area contributed by atoms with Gasteiger partial charge in [0.15, 0.2) is 0 Å². The Kier molecular flexibility index (Phi) is 2.87. The summed E-state index contributed by atoms with van der Waals surface area (Å²) in [5.41, 5.74) is 3.18. The van der Waals surface area contributed by atoms with Gasteiger partial charge < -0.3 is 10.2 Å². The van der Waals surface area contributed by atoms with Crippen LogP contribution < -0.4 is 5.32 Å². The Morgan fingerprint density at radius 2 is 2.00 bits per heavy atom. The van der Waals surface area contributed by atoms with E-state index in [1.165, 1.54) is 11.3 Å². The van der Waals surface area contributed by atoms with E-state index in [1.54, 1.807) is 0 Å². The van der Waals surface area contributed by atoms with Crippen LogP contribution in [0, 0.1) is 5.41 Å². The molecule has 2 rings (SSSR count). The fourth-order valence-electron chi connectivity index (χ4n) is 2.67. The zero-order valence-corrected chi connectivity index (χ0v) is 9.97. The van der Waals surface area contributed by atoms with Gasteiger partial charge in [0.2, 0.25) is 0 Å².